The Morgan fingerprint density at radius 3 is 3.05 bits per heavy atom. The van der Waals surface area contributed by atoms with Gasteiger partial charge in [0.15, 0.2) is 4.96 Å². The summed E-state index contributed by atoms with van der Waals surface area (Å²) in [7, 11) is 1.55. The Bertz CT molecular complexity index is 593. The Hall–Kier alpha value is -1.93. The lowest BCUT2D eigenvalue weighted by atomic mass is 10.1. The fourth-order valence-electron chi connectivity index (χ4n) is 1.96. The monoisotopic (exact) mass is 311 g/mol. The number of amides is 1. The number of imidazole rings is 1. The summed E-state index contributed by atoms with van der Waals surface area (Å²) < 4.78 is 6.71. The maximum Gasteiger partial charge on any atom is 0.326 e. The fraction of sp³-hybridized carbons (Fsp3) is 0.462. The van der Waals surface area contributed by atoms with E-state index in [1.165, 1.54) is 11.3 Å². The Morgan fingerprint density at radius 2 is 2.38 bits per heavy atom. The molecule has 0 radical (unpaired) electrons. The molecule has 8 heteroatoms. The van der Waals surface area contributed by atoms with E-state index in [2.05, 4.69) is 10.3 Å². The van der Waals surface area contributed by atoms with Crippen LogP contribution in [0.1, 0.15) is 18.5 Å². The molecule has 0 aliphatic heterocycles. The molecular formula is C13H17N3O4S. The quantitative estimate of drug-likeness (QED) is 0.708. The number of carboxylic acids is 1. The first-order chi connectivity index (χ1) is 10.1. The van der Waals surface area contributed by atoms with Crippen LogP contribution < -0.4 is 5.32 Å². The van der Waals surface area contributed by atoms with Crippen molar-refractivity contribution in [1.82, 2.24) is 14.7 Å². The van der Waals surface area contributed by atoms with Gasteiger partial charge >= 0.3 is 5.97 Å². The van der Waals surface area contributed by atoms with Crippen LogP contribution >= 0.6 is 11.3 Å². The maximum atomic E-state index is 11.9. The van der Waals surface area contributed by atoms with Crippen LogP contribution in [-0.2, 0) is 20.7 Å². The van der Waals surface area contributed by atoms with Crippen molar-refractivity contribution in [2.75, 3.05) is 13.7 Å². The molecule has 1 amide bonds. The molecule has 114 valence electrons. The van der Waals surface area contributed by atoms with Gasteiger partial charge in [-0.3, -0.25) is 9.20 Å². The van der Waals surface area contributed by atoms with E-state index in [0.717, 1.165) is 4.96 Å². The molecule has 1 unspecified atom stereocenters. The van der Waals surface area contributed by atoms with Crippen molar-refractivity contribution in [1.29, 1.82) is 0 Å². The van der Waals surface area contributed by atoms with E-state index in [0.29, 0.717) is 25.1 Å². The lowest BCUT2D eigenvalue weighted by molar-refractivity contribution is -0.142. The lowest BCUT2D eigenvalue weighted by Crippen LogP contribution is -2.41. The van der Waals surface area contributed by atoms with Crippen molar-refractivity contribution >= 4 is 28.2 Å². The molecule has 7 nitrogen and oxygen atoms in total. The summed E-state index contributed by atoms with van der Waals surface area (Å²) in [5.74, 6) is -1.38. The number of carbonyl (C=O) groups is 2. The van der Waals surface area contributed by atoms with Gasteiger partial charge < -0.3 is 15.2 Å². The van der Waals surface area contributed by atoms with Gasteiger partial charge in [0.1, 0.15) is 6.04 Å². The third kappa shape index (κ3) is 4.27. The van der Waals surface area contributed by atoms with E-state index in [1.54, 1.807) is 13.3 Å². The number of ether oxygens (including phenoxy) is 1. The summed E-state index contributed by atoms with van der Waals surface area (Å²) in [5.41, 5.74) is 0.625. The molecule has 0 fully saturated rings. The van der Waals surface area contributed by atoms with Crippen LogP contribution in [0.2, 0.25) is 0 Å². The first-order valence-corrected chi connectivity index (χ1v) is 7.40. The second kappa shape index (κ2) is 7.19. The second-order valence-corrected chi connectivity index (χ2v) is 5.47. The standard InChI is InChI=1S/C13H17N3O4S/c1-20-5-2-3-10(12(18)19)15-11(17)7-9-8-16-4-6-21-13(16)14-9/h4,6,8,10H,2-3,5,7H2,1H3,(H,15,17)(H,18,19). The molecule has 2 aromatic rings. The zero-order chi connectivity index (χ0) is 15.2. The first kappa shape index (κ1) is 15.5. The fourth-order valence-corrected chi connectivity index (χ4v) is 2.68. The molecule has 0 aliphatic carbocycles. The van der Waals surface area contributed by atoms with Gasteiger partial charge in [-0.05, 0) is 12.8 Å². The van der Waals surface area contributed by atoms with Gasteiger partial charge in [0.25, 0.3) is 0 Å². The Balaban J connectivity index is 1.89. The summed E-state index contributed by atoms with van der Waals surface area (Å²) in [6.07, 6.45) is 4.62. The third-order valence-electron chi connectivity index (χ3n) is 2.96. The van der Waals surface area contributed by atoms with Crippen LogP contribution in [0.3, 0.4) is 0 Å². The number of nitrogens with zero attached hydrogens (tertiary/aromatic N) is 2. The van der Waals surface area contributed by atoms with Gasteiger partial charge in [-0.1, -0.05) is 0 Å². The van der Waals surface area contributed by atoms with Gasteiger partial charge in [-0.15, -0.1) is 11.3 Å². The number of rotatable bonds is 8. The number of hydrogen-bond acceptors (Lipinski definition) is 5. The van der Waals surface area contributed by atoms with Crippen LogP contribution in [0, 0.1) is 0 Å². The number of carbonyl (C=O) groups excluding carboxylic acids is 1. The molecule has 0 bridgehead atoms. The van der Waals surface area contributed by atoms with Crippen LogP contribution in [0.15, 0.2) is 17.8 Å². The van der Waals surface area contributed by atoms with Crippen molar-refractivity contribution in [3.63, 3.8) is 0 Å². The first-order valence-electron chi connectivity index (χ1n) is 6.52. The normalized spacial score (nSPS) is 12.4. The van der Waals surface area contributed by atoms with Gasteiger partial charge in [-0.2, -0.15) is 0 Å². The van der Waals surface area contributed by atoms with Crippen LogP contribution in [0.25, 0.3) is 4.96 Å². The summed E-state index contributed by atoms with van der Waals surface area (Å²) in [6, 6.07) is -0.892. The van der Waals surface area contributed by atoms with E-state index in [-0.39, 0.29) is 12.3 Å². The van der Waals surface area contributed by atoms with E-state index >= 15 is 0 Å². The van der Waals surface area contributed by atoms with Crippen LogP contribution in [0.4, 0.5) is 0 Å². The van der Waals surface area contributed by atoms with Gasteiger partial charge in [0.2, 0.25) is 5.91 Å². The Labute approximate surface area is 125 Å². The third-order valence-corrected chi connectivity index (χ3v) is 3.73. The number of hydrogen-bond donors (Lipinski definition) is 2. The molecular weight excluding hydrogens is 294 g/mol. The SMILES string of the molecule is COCCCC(NC(=O)Cc1cn2ccsc2n1)C(=O)O. The Morgan fingerprint density at radius 1 is 1.57 bits per heavy atom. The highest BCUT2D eigenvalue weighted by Gasteiger charge is 2.20. The summed E-state index contributed by atoms with van der Waals surface area (Å²) in [5, 5.41) is 13.5. The van der Waals surface area contributed by atoms with Gasteiger partial charge in [0, 0.05) is 31.5 Å². The number of thiazole rings is 1. The topological polar surface area (TPSA) is 92.9 Å². The maximum absolute atomic E-state index is 11.9. The summed E-state index contributed by atoms with van der Waals surface area (Å²) >= 11 is 1.48. The number of methoxy groups -OCH3 is 1. The van der Waals surface area contributed by atoms with Crippen molar-refractivity contribution in [2.45, 2.75) is 25.3 Å². The van der Waals surface area contributed by atoms with E-state index in [4.69, 9.17) is 9.84 Å². The highest BCUT2D eigenvalue weighted by Crippen LogP contribution is 2.11. The largest absolute Gasteiger partial charge is 0.480 e. The zero-order valence-corrected chi connectivity index (χ0v) is 12.4. The average Bonchev–Trinajstić information content (AvgIpc) is 2.98. The molecule has 0 saturated heterocycles. The van der Waals surface area contributed by atoms with E-state index in [9.17, 15) is 9.59 Å². The molecule has 0 saturated carbocycles. The van der Waals surface area contributed by atoms with E-state index in [1.807, 2.05) is 16.0 Å². The van der Waals surface area contributed by atoms with Gasteiger partial charge in [0.05, 0.1) is 12.1 Å². The molecule has 0 aromatic carbocycles. The minimum absolute atomic E-state index is 0.0719. The number of aliphatic carboxylic acids is 1. The van der Waals surface area contributed by atoms with Crippen LogP contribution in [-0.4, -0.2) is 46.1 Å². The van der Waals surface area contributed by atoms with Crippen molar-refractivity contribution in [2.24, 2.45) is 0 Å². The predicted octanol–water partition coefficient (Wildman–Crippen LogP) is 0.934. The molecule has 1 atom stereocenters. The van der Waals surface area contributed by atoms with Crippen LogP contribution in [0.5, 0.6) is 0 Å². The van der Waals surface area contributed by atoms with Gasteiger partial charge in [-0.25, -0.2) is 9.78 Å². The molecule has 0 spiro atoms. The highest BCUT2D eigenvalue weighted by atomic mass is 32.1. The summed E-state index contributed by atoms with van der Waals surface area (Å²) in [6.45, 7) is 0.469. The number of fused-ring (bicyclic) bond motifs is 1. The molecule has 2 N–H and O–H groups in total. The van der Waals surface area contributed by atoms with Crippen molar-refractivity contribution in [3.05, 3.63) is 23.5 Å². The average molecular weight is 311 g/mol. The second-order valence-electron chi connectivity index (χ2n) is 4.60. The summed E-state index contributed by atoms with van der Waals surface area (Å²) in [4.78, 5) is 28.1. The molecule has 0 aliphatic rings. The molecule has 21 heavy (non-hydrogen) atoms. The minimum Gasteiger partial charge on any atom is -0.480 e. The van der Waals surface area contributed by atoms with E-state index < -0.39 is 12.0 Å². The lowest BCUT2D eigenvalue weighted by Gasteiger charge is -2.13. The molecule has 2 heterocycles. The van der Waals surface area contributed by atoms with Crippen molar-refractivity contribution in [3.8, 4) is 0 Å². The minimum atomic E-state index is -1.04. The predicted molar refractivity (Wildman–Crippen MR) is 77.4 cm³/mol. The number of nitrogens with one attached hydrogen (secondary N) is 1. The van der Waals surface area contributed by atoms with Crippen molar-refractivity contribution < 1.29 is 19.4 Å². The number of carboxylic acid groups (broad SMARTS) is 1. The number of aromatic nitrogens is 2. The smallest absolute Gasteiger partial charge is 0.326 e. The highest BCUT2D eigenvalue weighted by molar-refractivity contribution is 7.15. The zero-order valence-electron chi connectivity index (χ0n) is 11.6. The molecule has 2 aromatic heterocycles. The Kier molecular flexibility index (Phi) is 5.29. The molecule has 2 rings (SSSR count).